The smallest absolute Gasteiger partial charge is 0.215 e. The van der Waals surface area contributed by atoms with E-state index in [1.54, 1.807) is 30.7 Å². The summed E-state index contributed by atoms with van der Waals surface area (Å²) in [4.78, 5) is 23.3. The lowest BCUT2D eigenvalue weighted by Crippen LogP contribution is -2.35. The molecule has 0 bridgehead atoms. The number of hydrogen-bond acceptors (Lipinski definition) is 8. The number of aromatic nitrogens is 5. The third kappa shape index (κ3) is 4.26. The minimum absolute atomic E-state index is 0.00902. The molecule has 11 heteroatoms. The van der Waals surface area contributed by atoms with E-state index in [1.807, 2.05) is 11.8 Å². The molecule has 0 amide bonds. The first-order valence-electron chi connectivity index (χ1n) is 8.90. The van der Waals surface area contributed by atoms with Gasteiger partial charge in [0.2, 0.25) is 5.95 Å². The van der Waals surface area contributed by atoms with E-state index in [0.29, 0.717) is 36.0 Å². The van der Waals surface area contributed by atoms with Gasteiger partial charge in [-0.1, -0.05) is 0 Å². The molecule has 2 atom stereocenters. The molecule has 2 unspecified atom stereocenters. The summed E-state index contributed by atoms with van der Waals surface area (Å²) in [7, 11) is 0. The lowest BCUT2D eigenvalue weighted by Gasteiger charge is -2.35. The third-order valence-electron chi connectivity index (χ3n) is 4.70. The maximum atomic E-state index is 14.0. The van der Waals surface area contributed by atoms with Gasteiger partial charge in [-0.15, -0.1) is 0 Å². The zero-order chi connectivity index (χ0) is 20.4. The fourth-order valence-corrected chi connectivity index (χ4v) is 3.61. The van der Waals surface area contributed by atoms with E-state index in [1.165, 1.54) is 6.07 Å². The van der Waals surface area contributed by atoms with Crippen LogP contribution in [0.5, 0.6) is 0 Å². The molecule has 0 fully saturated rings. The van der Waals surface area contributed by atoms with E-state index >= 15 is 0 Å². The Morgan fingerprint density at radius 1 is 1.24 bits per heavy atom. The Morgan fingerprint density at radius 3 is 2.79 bits per heavy atom. The molecule has 0 spiro atoms. The monoisotopic (exact) mass is 414 g/mol. The first-order valence-corrected chi connectivity index (χ1v) is 9.98. The molecule has 29 heavy (non-hydrogen) atoms. The standard InChI is InChI=1S/C18H18FN7O2S/c1-11-13-10-22-18(17-20-4-2-5-21-17)24-14(13)3-6-26(11)16-8-12(7-15(19)25-16)9-23-29(27)28/h2,4-5,7-8,10-11,23H,3,6,9H2,1H3,(H,27,28)/p-1. The van der Waals surface area contributed by atoms with Crippen LogP contribution in [-0.2, 0) is 24.2 Å². The van der Waals surface area contributed by atoms with Crippen LogP contribution in [0.25, 0.3) is 11.6 Å². The summed E-state index contributed by atoms with van der Waals surface area (Å²) >= 11 is -2.42. The summed E-state index contributed by atoms with van der Waals surface area (Å²) < 4.78 is 37.7. The predicted molar refractivity (Wildman–Crippen MR) is 102 cm³/mol. The second kappa shape index (κ2) is 8.23. The quantitative estimate of drug-likeness (QED) is 0.492. The second-order valence-electron chi connectivity index (χ2n) is 6.50. The highest BCUT2D eigenvalue weighted by atomic mass is 32.2. The van der Waals surface area contributed by atoms with Crippen LogP contribution in [0.4, 0.5) is 10.2 Å². The highest BCUT2D eigenvalue weighted by Gasteiger charge is 2.27. The Hall–Kier alpha value is -2.89. The van der Waals surface area contributed by atoms with Gasteiger partial charge in [0.25, 0.3) is 0 Å². The molecule has 0 saturated heterocycles. The predicted octanol–water partition coefficient (Wildman–Crippen LogP) is 1.48. The minimum atomic E-state index is -2.42. The number of fused-ring (bicyclic) bond motifs is 1. The van der Waals surface area contributed by atoms with Crippen molar-refractivity contribution in [2.45, 2.75) is 25.9 Å². The van der Waals surface area contributed by atoms with E-state index in [0.717, 1.165) is 11.3 Å². The lowest BCUT2D eigenvalue weighted by atomic mass is 9.99. The van der Waals surface area contributed by atoms with Crippen molar-refractivity contribution in [3.63, 3.8) is 0 Å². The summed E-state index contributed by atoms with van der Waals surface area (Å²) in [5.41, 5.74) is 2.30. The molecular weight excluding hydrogens is 397 g/mol. The Balaban J connectivity index is 1.61. The average Bonchev–Trinajstić information content (AvgIpc) is 2.72. The molecular formula is C18H17FN7O2S-. The summed E-state index contributed by atoms with van der Waals surface area (Å²) in [6.45, 7) is 2.54. The van der Waals surface area contributed by atoms with E-state index < -0.39 is 17.2 Å². The van der Waals surface area contributed by atoms with Crippen molar-refractivity contribution in [3.8, 4) is 11.6 Å². The fourth-order valence-electron chi connectivity index (χ4n) is 3.32. The van der Waals surface area contributed by atoms with Crippen LogP contribution in [0.1, 0.15) is 29.8 Å². The lowest BCUT2D eigenvalue weighted by molar-refractivity contribution is 0.521. The van der Waals surface area contributed by atoms with E-state index in [9.17, 15) is 13.2 Å². The van der Waals surface area contributed by atoms with Gasteiger partial charge in [0.15, 0.2) is 11.6 Å². The Bertz CT molecular complexity index is 1050. The van der Waals surface area contributed by atoms with Crippen LogP contribution >= 0.6 is 0 Å². The van der Waals surface area contributed by atoms with Crippen LogP contribution in [-0.4, -0.2) is 40.2 Å². The van der Waals surface area contributed by atoms with Crippen LogP contribution in [0.2, 0.25) is 0 Å². The van der Waals surface area contributed by atoms with Gasteiger partial charge in [0, 0.05) is 54.9 Å². The zero-order valence-electron chi connectivity index (χ0n) is 15.4. The van der Waals surface area contributed by atoms with Crippen LogP contribution in [0.3, 0.4) is 0 Å². The summed E-state index contributed by atoms with van der Waals surface area (Å²) in [6.07, 6.45) is 5.64. The number of hydrogen-bond donors (Lipinski definition) is 1. The van der Waals surface area contributed by atoms with Gasteiger partial charge in [-0.2, -0.15) is 4.39 Å². The third-order valence-corrected chi connectivity index (χ3v) is 5.08. The summed E-state index contributed by atoms with van der Waals surface area (Å²) in [6, 6.07) is 4.48. The largest absolute Gasteiger partial charge is 0.760 e. The summed E-state index contributed by atoms with van der Waals surface area (Å²) in [5, 5.41) is 0. The molecule has 1 N–H and O–H groups in total. The van der Waals surface area contributed by atoms with Gasteiger partial charge >= 0.3 is 0 Å². The first kappa shape index (κ1) is 19.4. The van der Waals surface area contributed by atoms with Gasteiger partial charge in [-0.05, 0) is 30.7 Å². The van der Waals surface area contributed by atoms with E-state index in [-0.39, 0.29) is 12.6 Å². The molecule has 4 rings (SSSR count). The number of rotatable bonds is 5. The normalized spacial score (nSPS) is 17.1. The number of halogens is 1. The SMILES string of the molecule is CC1c2cnc(-c3ncccn3)nc2CCN1c1cc(CNS(=O)[O-])cc(F)n1. The van der Waals surface area contributed by atoms with Crippen LogP contribution in [0, 0.1) is 5.95 Å². The Labute approximate surface area is 168 Å². The summed E-state index contributed by atoms with van der Waals surface area (Å²) in [5.74, 6) is 0.701. The Kier molecular flexibility index (Phi) is 5.51. The van der Waals surface area contributed by atoms with Crippen molar-refractivity contribution in [2.24, 2.45) is 0 Å². The number of nitrogens with one attached hydrogen (secondary N) is 1. The van der Waals surface area contributed by atoms with Crippen molar-refractivity contribution >= 4 is 17.1 Å². The van der Waals surface area contributed by atoms with Crippen molar-refractivity contribution in [1.82, 2.24) is 29.6 Å². The van der Waals surface area contributed by atoms with E-state index in [4.69, 9.17) is 0 Å². The maximum absolute atomic E-state index is 14.0. The average molecular weight is 414 g/mol. The van der Waals surface area contributed by atoms with Crippen LogP contribution in [0.15, 0.2) is 36.8 Å². The molecule has 0 saturated carbocycles. The molecule has 0 radical (unpaired) electrons. The molecule has 9 nitrogen and oxygen atoms in total. The number of anilines is 1. The van der Waals surface area contributed by atoms with Gasteiger partial charge in [-0.25, -0.2) is 29.6 Å². The molecule has 3 aromatic heterocycles. The molecule has 3 aromatic rings. The minimum Gasteiger partial charge on any atom is -0.760 e. The molecule has 4 heterocycles. The van der Waals surface area contributed by atoms with Crippen LogP contribution < -0.4 is 9.62 Å². The zero-order valence-corrected chi connectivity index (χ0v) is 16.3. The topological polar surface area (TPSA) is 120 Å². The molecule has 1 aliphatic rings. The second-order valence-corrected chi connectivity index (χ2v) is 7.26. The van der Waals surface area contributed by atoms with Crippen molar-refractivity contribution in [3.05, 3.63) is 59.6 Å². The van der Waals surface area contributed by atoms with E-state index in [2.05, 4.69) is 29.6 Å². The molecule has 150 valence electrons. The van der Waals surface area contributed by atoms with Crippen molar-refractivity contribution < 1.29 is 13.2 Å². The Morgan fingerprint density at radius 2 is 2.03 bits per heavy atom. The molecule has 1 aliphatic heterocycles. The van der Waals surface area contributed by atoms with Gasteiger partial charge in [0.1, 0.15) is 5.82 Å². The van der Waals surface area contributed by atoms with Gasteiger partial charge < -0.3 is 9.45 Å². The number of pyridine rings is 1. The maximum Gasteiger partial charge on any atom is 0.215 e. The van der Waals surface area contributed by atoms with Gasteiger partial charge in [0.05, 0.1) is 11.7 Å². The van der Waals surface area contributed by atoms with Crippen molar-refractivity contribution in [2.75, 3.05) is 11.4 Å². The fraction of sp³-hybridized carbons (Fsp3) is 0.278. The highest BCUT2D eigenvalue weighted by molar-refractivity contribution is 7.77. The van der Waals surface area contributed by atoms with Crippen molar-refractivity contribution in [1.29, 1.82) is 0 Å². The molecule has 0 aromatic carbocycles. The van der Waals surface area contributed by atoms with Gasteiger partial charge in [-0.3, -0.25) is 4.21 Å². The first-order chi connectivity index (χ1) is 14.0. The number of nitrogens with zero attached hydrogens (tertiary/aromatic N) is 6. The highest BCUT2D eigenvalue weighted by Crippen LogP contribution is 2.32. The molecule has 0 aliphatic carbocycles.